The number of pyridine rings is 1. The first kappa shape index (κ1) is 49.3. The molecule has 3 aromatic carbocycles. The van der Waals surface area contributed by atoms with Crippen molar-refractivity contribution in [2.75, 3.05) is 74.9 Å². The van der Waals surface area contributed by atoms with E-state index in [4.69, 9.17) is 15.2 Å². The number of piperazine rings is 1. The van der Waals surface area contributed by atoms with Gasteiger partial charge in [-0.15, -0.1) is 0 Å². The van der Waals surface area contributed by atoms with E-state index in [0.717, 1.165) is 41.5 Å². The molecule has 368 valence electrons. The third-order valence-electron chi connectivity index (χ3n) is 13.3. The number of aryl methyl sites for hydroxylation is 1. The highest BCUT2D eigenvalue weighted by atomic mass is 32.2. The summed E-state index contributed by atoms with van der Waals surface area (Å²) in [7, 11) is -4.41. The van der Waals surface area contributed by atoms with Crippen LogP contribution in [-0.4, -0.2) is 105 Å². The number of benzene rings is 3. The van der Waals surface area contributed by atoms with Crippen molar-refractivity contribution in [2.24, 2.45) is 11.3 Å². The minimum atomic E-state index is -4.41. The highest BCUT2D eigenvalue weighted by molar-refractivity contribution is 7.90. The molecule has 2 amide bonds. The number of rotatable bonds is 14. The Labute approximate surface area is 401 Å². The number of alkyl halides is 3. The number of carbonyl (C=O) groups is 2. The lowest BCUT2D eigenvalue weighted by Gasteiger charge is -2.39. The lowest BCUT2D eigenvalue weighted by atomic mass is 9.72. The molecule has 0 radical (unpaired) electrons. The minimum Gasteiger partial charge on any atom is -0.455 e. The van der Waals surface area contributed by atoms with Gasteiger partial charge in [0.1, 0.15) is 17.1 Å². The fraction of sp³-hybridized carbons (Fsp3) is 0.431. The lowest BCUT2D eigenvalue weighted by molar-refractivity contribution is -0.142. The van der Waals surface area contributed by atoms with E-state index in [1.807, 2.05) is 24.8 Å². The molecule has 0 unspecified atom stereocenters. The summed E-state index contributed by atoms with van der Waals surface area (Å²) in [4.78, 5) is 40.1. The van der Waals surface area contributed by atoms with Gasteiger partial charge in [0.25, 0.3) is 15.9 Å². The molecule has 5 N–H and O–H groups in total. The number of allylic oxidation sites excluding steroid dienone is 1. The average molecular weight is 971 g/mol. The zero-order valence-corrected chi connectivity index (χ0v) is 40.5. The van der Waals surface area contributed by atoms with Gasteiger partial charge in [-0.3, -0.25) is 14.5 Å². The topological polar surface area (TPSA) is 175 Å². The second-order valence-electron chi connectivity index (χ2n) is 19.4. The van der Waals surface area contributed by atoms with E-state index >= 15 is 0 Å². The van der Waals surface area contributed by atoms with Gasteiger partial charge in [-0.25, -0.2) is 18.1 Å². The second kappa shape index (κ2) is 20.1. The maximum Gasteiger partial charge on any atom is 0.416 e. The molecule has 8 rings (SSSR count). The molecular weight excluding hydrogens is 910 g/mol. The molecule has 0 saturated carbocycles. The number of ether oxygens (including phenoxy) is 2. The first-order valence-corrected chi connectivity index (χ1v) is 24.9. The molecule has 0 bridgehead atoms. The number of nitrogens with one attached hydrogen (secondary N) is 3. The van der Waals surface area contributed by atoms with E-state index in [-0.39, 0.29) is 45.2 Å². The van der Waals surface area contributed by atoms with Crippen molar-refractivity contribution in [3.8, 4) is 11.5 Å². The summed E-state index contributed by atoms with van der Waals surface area (Å²) >= 11 is 0. The number of fused-ring (bicyclic) bond motifs is 1. The van der Waals surface area contributed by atoms with Crippen LogP contribution in [0.15, 0.2) is 89.6 Å². The van der Waals surface area contributed by atoms with Crippen molar-refractivity contribution in [1.29, 1.82) is 0 Å². The van der Waals surface area contributed by atoms with Gasteiger partial charge in [0.05, 0.1) is 46.3 Å². The Hall–Kier alpha value is -6.11. The molecule has 69 heavy (non-hydrogen) atoms. The zero-order chi connectivity index (χ0) is 49.3. The Morgan fingerprint density at radius 3 is 2.52 bits per heavy atom. The molecule has 1 atom stereocenters. The number of morpholine rings is 1. The quantitative estimate of drug-likeness (QED) is 0.0783. The van der Waals surface area contributed by atoms with Gasteiger partial charge >= 0.3 is 6.18 Å². The molecule has 18 heteroatoms. The van der Waals surface area contributed by atoms with Crippen molar-refractivity contribution in [3.05, 3.63) is 107 Å². The van der Waals surface area contributed by atoms with Crippen molar-refractivity contribution >= 4 is 55.5 Å². The number of sulfonamides is 1. The number of halogens is 3. The summed E-state index contributed by atoms with van der Waals surface area (Å²) in [6.07, 6.45) is 1.94. The molecule has 4 heterocycles. The van der Waals surface area contributed by atoms with Crippen molar-refractivity contribution in [3.63, 3.8) is 0 Å². The zero-order valence-electron chi connectivity index (χ0n) is 39.7. The predicted octanol–water partition coefficient (Wildman–Crippen LogP) is 8.85. The van der Waals surface area contributed by atoms with Crippen molar-refractivity contribution in [2.45, 2.75) is 77.5 Å². The van der Waals surface area contributed by atoms with Crippen molar-refractivity contribution in [1.82, 2.24) is 24.5 Å². The van der Waals surface area contributed by atoms with Crippen LogP contribution >= 0.6 is 0 Å². The summed E-state index contributed by atoms with van der Waals surface area (Å²) in [5.41, 5.74) is 11.7. The normalized spacial score (nSPS) is 18.2. The summed E-state index contributed by atoms with van der Waals surface area (Å²) in [5, 5.41) is 4.01. The highest BCUT2D eigenvalue weighted by Gasteiger charge is 2.34. The third-order valence-corrected chi connectivity index (χ3v) is 14.6. The third kappa shape index (κ3) is 11.7. The van der Waals surface area contributed by atoms with E-state index in [0.29, 0.717) is 88.0 Å². The Morgan fingerprint density at radius 1 is 1.01 bits per heavy atom. The molecule has 0 spiro atoms. The number of nitrogens with zero attached hydrogens (tertiary/aromatic N) is 4. The molecule has 5 aromatic rings. The fourth-order valence-electron chi connectivity index (χ4n) is 9.42. The summed E-state index contributed by atoms with van der Waals surface area (Å²) in [6, 6.07) is 16.9. The number of amides is 2. The number of carbonyl (C=O) groups excluding carboxylic acids is 2. The molecule has 2 aliphatic heterocycles. The van der Waals surface area contributed by atoms with Crippen LogP contribution in [0.1, 0.15) is 80.4 Å². The van der Waals surface area contributed by atoms with Crippen LogP contribution in [0.5, 0.6) is 11.5 Å². The van der Waals surface area contributed by atoms with Gasteiger partial charge in [-0.05, 0) is 109 Å². The number of hydrogen-bond donors (Lipinski definition) is 4. The Morgan fingerprint density at radius 2 is 1.80 bits per heavy atom. The number of aromatic amines is 1. The van der Waals surface area contributed by atoms with Gasteiger partial charge in [-0.2, -0.15) is 13.2 Å². The van der Waals surface area contributed by atoms with E-state index in [1.165, 1.54) is 36.0 Å². The smallest absolute Gasteiger partial charge is 0.416 e. The predicted molar refractivity (Wildman–Crippen MR) is 262 cm³/mol. The van der Waals surface area contributed by atoms with Gasteiger partial charge in [0.15, 0.2) is 0 Å². The van der Waals surface area contributed by atoms with E-state index in [2.05, 4.69) is 43.7 Å². The number of aromatic nitrogens is 2. The molecule has 2 saturated heterocycles. The number of H-pyrrole nitrogens is 1. The maximum atomic E-state index is 14.0. The number of nitrogens with two attached hydrogens (primary N) is 1. The molecule has 14 nitrogen and oxygen atoms in total. The van der Waals surface area contributed by atoms with Crippen LogP contribution < -0.4 is 25.4 Å². The Balaban J connectivity index is 0.955. The van der Waals surface area contributed by atoms with Gasteiger partial charge in [0, 0.05) is 81.6 Å². The average Bonchev–Trinajstić information content (AvgIpc) is 3.78. The monoisotopic (exact) mass is 970 g/mol. The summed E-state index contributed by atoms with van der Waals surface area (Å²) in [5.74, 6) is -0.441. The lowest BCUT2D eigenvalue weighted by Crippen LogP contribution is -2.47. The summed E-state index contributed by atoms with van der Waals surface area (Å²) in [6.45, 7) is 15.3. The number of anilines is 3. The van der Waals surface area contributed by atoms with Crippen LogP contribution in [0, 0.1) is 18.3 Å². The molecular formula is C51H61F3N8O6S. The SMILES string of the molecule is Cc1cc(C(F)(F)F)ccc1C1=C(CN2CCN(c3ccc(C(=O)NS(=O)(=O)c4ccc(NCC[C@@H]5CN(C(=O)C(C)C)CCO5)c(N)c4)c(Oc4cnc5[nH]ccc5c4)c3)CC2)CCC(C)(C)C1. The highest BCUT2D eigenvalue weighted by Crippen LogP contribution is 2.45. The van der Waals surface area contributed by atoms with Crippen LogP contribution in [-0.2, 0) is 25.7 Å². The maximum absolute atomic E-state index is 14.0. The second-order valence-corrected chi connectivity index (χ2v) is 21.1. The van der Waals surface area contributed by atoms with E-state index in [1.54, 1.807) is 49.5 Å². The molecule has 2 fully saturated rings. The van der Waals surface area contributed by atoms with Crippen LogP contribution in [0.3, 0.4) is 0 Å². The van der Waals surface area contributed by atoms with Gasteiger partial charge in [-0.1, -0.05) is 39.3 Å². The summed E-state index contributed by atoms with van der Waals surface area (Å²) < 4.78 is 82.6. The van der Waals surface area contributed by atoms with Crippen LogP contribution in [0.2, 0.25) is 0 Å². The first-order chi connectivity index (χ1) is 32.7. The van der Waals surface area contributed by atoms with E-state index < -0.39 is 27.7 Å². The minimum absolute atomic E-state index is 0.0155. The number of hydrogen-bond acceptors (Lipinski definition) is 11. The molecule has 1 aliphatic carbocycles. The van der Waals surface area contributed by atoms with Gasteiger partial charge < -0.3 is 35.3 Å². The Bertz CT molecular complexity index is 2860. The molecule has 3 aliphatic rings. The standard InChI is InChI=1S/C51H61F3N8O6S/c1-32(2)49(64)62-22-23-67-38(31-62)14-17-56-45-11-8-40(27-44(45)55)69(65,66)59-48(63)42-10-7-37(26-46(42)68-39-25-34-13-16-57-47(34)58-29-39)61-20-18-60(19-21-61)30-35-12-15-50(4,5)28-43(35)41-9-6-36(24-33(41)3)51(52,53)54/h6-11,13,16,24-27,29,32,38,56H,12,14-15,17-23,28,30-31,55H2,1-5H3,(H,57,58)(H,59,63)/t38-/m1/s1. The molecule has 2 aromatic heterocycles. The Kier molecular flexibility index (Phi) is 14.4. The fourth-order valence-corrected chi connectivity index (χ4v) is 10.4. The van der Waals surface area contributed by atoms with Gasteiger partial charge in [0.2, 0.25) is 5.91 Å². The van der Waals surface area contributed by atoms with Crippen LogP contribution in [0.4, 0.5) is 30.2 Å². The van der Waals surface area contributed by atoms with E-state index in [9.17, 15) is 31.2 Å². The van der Waals surface area contributed by atoms with Crippen molar-refractivity contribution < 1.29 is 40.7 Å². The number of nitrogen functional groups attached to an aromatic ring is 1. The first-order valence-electron chi connectivity index (χ1n) is 23.5. The largest absolute Gasteiger partial charge is 0.455 e. The van der Waals surface area contributed by atoms with Crippen LogP contribution in [0.25, 0.3) is 16.6 Å².